The third-order valence-corrected chi connectivity index (χ3v) is 4.59. The largest absolute Gasteiger partial charge is 0.310 e. The Kier molecular flexibility index (Phi) is 5.14. The third kappa shape index (κ3) is 3.57. The lowest BCUT2D eigenvalue weighted by molar-refractivity contribution is 0.177. The highest BCUT2D eigenvalue weighted by atomic mass is 15.1. The van der Waals surface area contributed by atoms with Gasteiger partial charge in [-0.3, -0.25) is 0 Å². The summed E-state index contributed by atoms with van der Waals surface area (Å²) >= 11 is 0. The number of aryl methyl sites for hydroxylation is 2. The van der Waals surface area contributed by atoms with Crippen LogP contribution in [0.5, 0.6) is 0 Å². The van der Waals surface area contributed by atoms with Crippen molar-refractivity contribution < 1.29 is 0 Å². The zero-order valence-electron chi connectivity index (χ0n) is 13.6. The summed E-state index contributed by atoms with van der Waals surface area (Å²) in [6.07, 6.45) is 4.02. The van der Waals surface area contributed by atoms with E-state index < -0.39 is 0 Å². The van der Waals surface area contributed by atoms with Gasteiger partial charge in [-0.15, -0.1) is 0 Å². The van der Waals surface area contributed by atoms with E-state index in [9.17, 15) is 0 Å². The summed E-state index contributed by atoms with van der Waals surface area (Å²) in [5.74, 6) is 2.39. The Bertz CT molecular complexity index is 434. The van der Waals surface area contributed by atoms with Crippen LogP contribution in [0.2, 0.25) is 0 Å². The van der Waals surface area contributed by atoms with Crippen molar-refractivity contribution in [3.63, 3.8) is 0 Å². The molecule has 0 saturated heterocycles. The fourth-order valence-electron chi connectivity index (χ4n) is 3.92. The molecule has 112 valence electrons. The highest BCUT2D eigenvalue weighted by molar-refractivity contribution is 5.24. The SMILES string of the molecule is CCNC(c1cc(C)nnc1C)C1CC(C)CC(C)C1. The molecular weight excluding hydrogens is 246 g/mol. The lowest BCUT2D eigenvalue weighted by Gasteiger charge is -2.37. The highest BCUT2D eigenvalue weighted by Gasteiger charge is 2.31. The number of hydrogen-bond donors (Lipinski definition) is 1. The predicted octanol–water partition coefficient (Wildman–Crippen LogP) is 3.82. The standard InChI is InChI=1S/C17H29N3/c1-6-18-17(15-8-11(2)7-12(3)9-15)16-10-13(4)19-20-14(16)5/h10-12,15,17-18H,6-9H2,1-5H3. The summed E-state index contributed by atoms with van der Waals surface area (Å²) in [5, 5.41) is 12.2. The first kappa shape index (κ1) is 15.4. The van der Waals surface area contributed by atoms with Crippen LogP contribution in [-0.4, -0.2) is 16.7 Å². The lowest BCUT2D eigenvalue weighted by atomic mass is 9.72. The molecule has 2 rings (SSSR count). The zero-order chi connectivity index (χ0) is 14.7. The first-order valence-corrected chi connectivity index (χ1v) is 8.05. The van der Waals surface area contributed by atoms with Crippen molar-refractivity contribution in [2.45, 2.75) is 59.9 Å². The van der Waals surface area contributed by atoms with Crippen LogP contribution >= 0.6 is 0 Å². The van der Waals surface area contributed by atoms with E-state index in [-0.39, 0.29) is 0 Å². The fraction of sp³-hybridized carbons (Fsp3) is 0.765. The normalized spacial score (nSPS) is 28.4. The third-order valence-electron chi connectivity index (χ3n) is 4.59. The summed E-state index contributed by atoms with van der Waals surface area (Å²) in [6.45, 7) is 12.1. The van der Waals surface area contributed by atoms with Gasteiger partial charge in [-0.05, 0) is 69.0 Å². The fourth-order valence-corrected chi connectivity index (χ4v) is 3.92. The van der Waals surface area contributed by atoms with Crippen LogP contribution in [0.1, 0.15) is 63.0 Å². The molecule has 0 aliphatic heterocycles. The molecule has 3 nitrogen and oxygen atoms in total. The molecule has 1 N–H and O–H groups in total. The Morgan fingerprint density at radius 3 is 2.40 bits per heavy atom. The monoisotopic (exact) mass is 275 g/mol. The molecule has 3 unspecified atom stereocenters. The quantitative estimate of drug-likeness (QED) is 0.908. The molecule has 1 heterocycles. The van der Waals surface area contributed by atoms with Crippen molar-refractivity contribution in [3.05, 3.63) is 23.0 Å². The molecule has 0 spiro atoms. The van der Waals surface area contributed by atoms with Crippen molar-refractivity contribution in [3.8, 4) is 0 Å². The van der Waals surface area contributed by atoms with Crippen molar-refractivity contribution >= 4 is 0 Å². The van der Waals surface area contributed by atoms with Gasteiger partial charge in [0.05, 0.1) is 11.4 Å². The van der Waals surface area contributed by atoms with E-state index in [4.69, 9.17) is 0 Å². The maximum Gasteiger partial charge on any atom is 0.0648 e. The van der Waals surface area contributed by atoms with Gasteiger partial charge in [0, 0.05) is 6.04 Å². The van der Waals surface area contributed by atoms with E-state index in [2.05, 4.69) is 49.3 Å². The molecule has 1 aliphatic rings. The smallest absolute Gasteiger partial charge is 0.0648 e. The van der Waals surface area contributed by atoms with Crippen molar-refractivity contribution in [2.75, 3.05) is 6.54 Å². The number of aromatic nitrogens is 2. The molecule has 0 radical (unpaired) electrons. The molecule has 1 aromatic heterocycles. The predicted molar refractivity (Wildman–Crippen MR) is 83.6 cm³/mol. The Balaban J connectivity index is 2.28. The van der Waals surface area contributed by atoms with Gasteiger partial charge in [0.2, 0.25) is 0 Å². The van der Waals surface area contributed by atoms with Crippen LogP contribution in [0.25, 0.3) is 0 Å². The van der Waals surface area contributed by atoms with E-state index in [0.717, 1.165) is 35.7 Å². The maximum atomic E-state index is 4.32. The summed E-state index contributed by atoms with van der Waals surface area (Å²) in [6, 6.07) is 2.65. The molecule has 3 heteroatoms. The van der Waals surface area contributed by atoms with Gasteiger partial charge in [-0.25, -0.2) is 0 Å². The average molecular weight is 275 g/mol. The molecule has 3 atom stereocenters. The molecule has 0 bridgehead atoms. The Labute approximate surface area is 123 Å². The van der Waals surface area contributed by atoms with Crippen LogP contribution in [0.3, 0.4) is 0 Å². The van der Waals surface area contributed by atoms with E-state index in [1.54, 1.807) is 0 Å². The second-order valence-corrected chi connectivity index (χ2v) is 6.74. The Morgan fingerprint density at radius 1 is 1.15 bits per heavy atom. The minimum absolute atomic E-state index is 0.430. The van der Waals surface area contributed by atoms with Crippen molar-refractivity contribution in [1.82, 2.24) is 15.5 Å². The molecule has 1 aromatic rings. The van der Waals surface area contributed by atoms with Gasteiger partial charge in [0.1, 0.15) is 0 Å². The molecule has 1 aliphatic carbocycles. The van der Waals surface area contributed by atoms with E-state index in [0.29, 0.717) is 6.04 Å². The molecule has 20 heavy (non-hydrogen) atoms. The van der Waals surface area contributed by atoms with Gasteiger partial charge < -0.3 is 5.32 Å². The second-order valence-electron chi connectivity index (χ2n) is 6.74. The van der Waals surface area contributed by atoms with Crippen LogP contribution < -0.4 is 5.32 Å². The van der Waals surface area contributed by atoms with Gasteiger partial charge in [0.25, 0.3) is 0 Å². The first-order valence-electron chi connectivity index (χ1n) is 8.05. The summed E-state index contributed by atoms with van der Waals surface area (Å²) in [5.41, 5.74) is 3.45. The van der Waals surface area contributed by atoms with Gasteiger partial charge in [0.15, 0.2) is 0 Å². The molecule has 1 saturated carbocycles. The Hall–Kier alpha value is -0.960. The summed E-state index contributed by atoms with van der Waals surface area (Å²) < 4.78 is 0. The minimum atomic E-state index is 0.430. The van der Waals surface area contributed by atoms with Crippen molar-refractivity contribution in [2.24, 2.45) is 17.8 Å². The second kappa shape index (κ2) is 6.66. The number of hydrogen-bond acceptors (Lipinski definition) is 3. The first-order chi connectivity index (χ1) is 9.51. The van der Waals surface area contributed by atoms with Crippen LogP contribution in [-0.2, 0) is 0 Å². The van der Waals surface area contributed by atoms with E-state index >= 15 is 0 Å². The molecular formula is C17H29N3. The zero-order valence-corrected chi connectivity index (χ0v) is 13.6. The Morgan fingerprint density at radius 2 is 1.80 bits per heavy atom. The van der Waals surface area contributed by atoms with Crippen molar-refractivity contribution in [1.29, 1.82) is 0 Å². The highest BCUT2D eigenvalue weighted by Crippen LogP contribution is 2.40. The van der Waals surface area contributed by atoms with Gasteiger partial charge in [-0.2, -0.15) is 10.2 Å². The van der Waals surface area contributed by atoms with Crippen LogP contribution in [0, 0.1) is 31.6 Å². The number of nitrogens with one attached hydrogen (secondary N) is 1. The van der Waals surface area contributed by atoms with E-state index in [1.165, 1.54) is 24.8 Å². The number of rotatable bonds is 4. The molecule has 0 amide bonds. The van der Waals surface area contributed by atoms with Crippen LogP contribution in [0.15, 0.2) is 6.07 Å². The lowest BCUT2D eigenvalue weighted by Crippen LogP contribution is -2.34. The number of nitrogens with zero attached hydrogens (tertiary/aromatic N) is 2. The molecule has 1 fully saturated rings. The average Bonchev–Trinajstić information content (AvgIpc) is 2.38. The van der Waals surface area contributed by atoms with Gasteiger partial charge in [-0.1, -0.05) is 20.8 Å². The van der Waals surface area contributed by atoms with Gasteiger partial charge >= 0.3 is 0 Å². The topological polar surface area (TPSA) is 37.8 Å². The summed E-state index contributed by atoms with van der Waals surface area (Å²) in [4.78, 5) is 0. The maximum absolute atomic E-state index is 4.32. The minimum Gasteiger partial charge on any atom is -0.310 e. The van der Waals surface area contributed by atoms with E-state index in [1.807, 2.05) is 6.92 Å². The van der Waals surface area contributed by atoms with Crippen LogP contribution in [0.4, 0.5) is 0 Å². The molecule has 0 aromatic carbocycles. The summed E-state index contributed by atoms with van der Waals surface area (Å²) in [7, 11) is 0.